The Hall–Kier alpha value is 0.00870. The second-order valence-electron chi connectivity index (χ2n) is 19.4. The van der Waals surface area contributed by atoms with Gasteiger partial charge in [0.2, 0.25) is 0 Å². The van der Waals surface area contributed by atoms with E-state index in [0.29, 0.717) is 0 Å². The summed E-state index contributed by atoms with van der Waals surface area (Å²) in [7, 11) is 0. The van der Waals surface area contributed by atoms with E-state index in [0.717, 1.165) is 6.08 Å². The smallest absolute Gasteiger partial charge is 0.0654 e. The van der Waals surface area contributed by atoms with E-state index in [1.807, 2.05) is 0 Å². The van der Waals surface area contributed by atoms with Crippen molar-refractivity contribution in [3.05, 3.63) is 12.7 Å². The molecule has 0 aliphatic carbocycles. The Labute approximate surface area is 388 Å². The number of rotatable bonds is 52. The van der Waals surface area contributed by atoms with Gasteiger partial charge in [-0.2, -0.15) is 0 Å². The van der Waals surface area contributed by atoms with Gasteiger partial charge in [0.1, 0.15) is 0 Å². The van der Waals surface area contributed by atoms with Crippen LogP contribution in [0.4, 0.5) is 0 Å². The van der Waals surface area contributed by atoms with Crippen molar-refractivity contribution in [1.82, 2.24) is 0 Å². The van der Waals surface area contributed by atoms with Gasteiger partial charge in [0.25, 0.3) is 0 Å². The van der Waals surface area contributed by atoms with Crippen molar-refractivity contribution in [2.24, 2.45) is 0 Å². The summed E-state index contributed by atoms with van der Waals surface area (Å²) in [6.07, 6.45) is 72.8. The zero-order valence-corrected chi connectivity index (χ0v) is 45.0. The van der Waals surface area contributed by atoms with Crippen molar-refractivity contribution in [2.45, 2.75) is 342 Å². The first-order chi connectivity index (χ1) is 29.6. The average molecular weight is 950 g/mol. The third-order valence-corrected chi connectivity index (χ3v) is 22.4. The van der Waals surface area contributed by atoms with Crippen molar-refractivity contribution in [2.75, 3.05) is 0 Å². The summed E-state index contributed by atoms with van der Waals surface area (Å²) in [6.45, 7) is 9.87. The van der Waals surface area contributed by atoms with Gasteiger partial charge in [0.15, 0.2) is 0 Å². The van der Waals surface area contributed by atoms with Crippen LogP contribution in [0, 0.1) is 0 Å². The van der Waals surface area contributed by atoms with Crippen LogP contribution < -0.4 is 5.11 Å². The summed E-state index contributed by atoms with van der Waals surface area (Å²) in [5.41, 5.74) is 0. The quantitative estimate of drug-likeness (QED) is 0.0346. The van der Waals surface area contributed by atoms with Crippen molar-refractivity contribution in [1.29, 1.82) is 0 Å². The average Bonchev–Trinajstić information content (AvgIpc) is 3.25. The molecule has 0 rings (SSSR count). The molecule has 0 aromatic heterocycles. The summed E-state index contributed by atoms with van der Waals surface area (Å²) in [6, 6.07) is 0. The summed E-state index contributed by atoms with van der Waals surface area (Å²) in [5, 5.41) is 9.14. The normalized spacial score (nSPS) is 11.2. The first kappa shape index (κ1) is 62.1. The Bertz CT molecular complexity index is 681. The SMILES string of the molecule is C=CC(=O)[O-].CCCCCCCCCCCCCCCCC[CH2][Sn+]([CH2]CCCCCCCCCCCCCCCCC)[CH2]CCCCCCCCCCCCCCCCC. The third kappa shape index (κ3) is 60.1. The molecule has 0 atom stereocenters. The topological polar surface area (TPSA) is 40.1 Å². The van der Waals surface area contributed by atoms with Crippen molar-refractivity contribution in [3.63, 3.8) is 0 Å². The third-order valence-electron chi connectivity index (χ3n) is 13.3. The Kier molecular flexibility index (Phi) is 61.1. The van der Waals surface area contributed by atoms with Crippen molar-refractivity contribution in [3.8, 4) is 0 Å². The fraction of sp³-hybridized carbons (Fsp3) is 0.947. The van der Waals surface area contributed by atoms with E-state index in [-0.39, 0.29) is 0 Å². The molecule has 0 heterocycles. The van der Waals surface area contributed by atoms with Crippen LogP contribution in [-0.2, 0) is 4.79 Å². The summed E-state index contributed by atoms with van der Waals surface area (Å²) < 4.78 is 5.20. The molecular weight excluding hydrogens is 835 g/mol. The van der Waals surface area contributed by atoms with Crippen LogP contribution in [0.15, 0.2) is 12.7 Å². The van der Waals surface area contributed by atoms with E-state index in [9.17, 15) is 0 Å². The van der Waals surface area contributed by atoms with Crippen LogP contribution in [0.25, 0.3) is 0 Å². The molecule has 2 nitrogen and oxygen atoms in total. The monoisotopic (exact) mass is 951 g/mol. The predicted molar refractivity (Wildman–Crippen MR) is 274 cm³/mol. The van der Waals surface area contributed by atoms with Crippen LogP contribution in [-0.4, -0.2) is 25.7 Å². The number of unbranched alkanes of at least 4 members (excludes halogenated alkanes) is 45. The Morgan fingerprint density at radius 3 is 0.533 bits per heavy atom. The number of carbonyl (C=O) groups is 1. The summed E-state index contributed by atoms with van der Waals surface area (Å²) in [5.74, 6) is -1.23. The van der Waals surface area contributed by atoms with Crippen LogP contribution >= 0.6 is 0 Å². The summed E-state index contributed by atoms with van der Waals surface area (Å²) >= 11 is -1.16. The zero-order chi connectivity index (χ0) is 43.9. The molecule has 0 aliphatic rings. The van der Waals surface area contributed by atoms with E-state index in [2.05, 4.69) is 27.4 Å². The van der Waals surface area contributed by atoms with Crippen LogP contribution in [0.1, 0.15) is 329 Å². The maximum absolute atomic E-state index is 9.14. The number of aliphatic carboxylic acids is 1. The molecule has 0 aromatic carbocycles. The second kappa shape index (κ2) is 59.0. The number of carboxylic acids is 1. The van der Waals surface area contributed by atoms with Gasteiger partial charge in [0, 0.05) is 0 Å². The van der Waals surface area contributed by atoms with E-state index in [1.165, 1.54) is 270 Å². The minimum atomic E-state index is -1.23. The van der Waals surface area contributed by atoms with Crippen LogP contribution in [0.5, 0.6) is 0 Å². The molecule has 0 aliphatic heterocycles. The predicted octanol–water partition coefficient (Wildman–Crippen LogP) is 20.2. The van der Waals surface area contributed by atoms with Gasteiger partial charge in [-0.05, 0) is 6.08 Å². The van der Waals surface area contributed by atoms with Gasteiger partial charge in [0.05, 0.1) is 5.97 Å². The maximum atomic E-state index is 9.14. The molecule has 0 N–H and O–H groups in total. The fourth-order valence-corrected chi connectivity index (χ4v) is 17.7. The molecule has 0 radical (unpaired) electrons. The molecule has 0 spiro atoms. The molecule has 60 heavy (non-hydrogen) atoms. The van der Waals surface area contributed by atoms with Gasteiger partial charge in [-0.3, -0.25) is 0 Å². The van der Waals surface area contributed by atoms with Gasteiger partial charge in [-0.1, -0.05) is 124 Å². The van der Waals surface area contributed by atoms with Gasteiger partial charge < -0.3 is 9.90 Å². The molecule has 0 bridgehead atoms. The van der Waals surface area contributed by atoms with E-state index in [1.54, 1.807) is 51.8 Å². The van der Waals surface area contributed by atoms with Crippen LogP contribution in [0.2, 0.25) is 13.3 Å². The molecular formula is C57H114O2Sn. The summed E-state index contributed by atoms with van der Waals surface area (Å²) in [4.78, 5) is 9.14. The van der Waals surface area contributed by atoms with Gasteiger partial charge in [-0.25, -0.2) is 0 Å². The minimum absolute atomic E-state index is 0.722. The van der Waals surface area contributed by atoms with E-state index < -0.39 is 25.7 Å². The molecule has 0 aromatic rings. The Morgan fingerprint density at radius 2 is 0.417 bits per heavy atom. The Morgan fingerprint density at radius 1 is 0.300 bits per heavy atom. The number of carbonyl (C=O) groups excluding carboxylic acids is 1. The number of carboxylic acid groups (broad SMARTS) is 1. The zero-order valence-electron chi connectivity index (χ0n) is 42.2. The molecule has 0 saturated heterocycles. The number of hydrogen-bond acceptors (Lipinski definition) is 2. The minimum Gasteiger partial charge on any atom is -0.0654 e. The van der Waals surface area contributed by atoms with Crippen molar-refractivity contribution >= 4 is 25.7 Å². The van der Waals surface area contributed by atoms with Crippen molar-refractivity contribution < 1.29 is 9.90 Å². The Balaban J connectivity index is 0. The molecule has 0 unspecified atom stereocenters. The number of hydrogen-bond donors (Lipinski definition) is 0. The molecule has 3 heteroatoms. The first-order valence-corrected chi connectivity index (χ1v) is 34.3. The first-order valence-electron chi connectivity index (χ1n) is 28.3. The standard InChI is InChI=1S/3C18H37.C3H4O2.Sn/c3*1-3-5-7-9-11-13-15-17-18-16-14-12-10-8-6-4-2;1-2-3(4)5;/h3*1,3-18H2,2H3;2H,1H2,(H,4,5);/q;;;;+1/p-1. The van der Waals surface area contributed by atoms with E-state index >= 15 is 0 Å². The molecule has 0 fully saturated rings. The molecule has 0 amide bonds. The molecule has 0 saturated carbocycles. The van der Waals surface area contributed by atoms with E-state index in [4.69, 9.17) is 9.90 Å². The van der Waals surface area contributed by atoms with Crippen LogP contribution in [0.3, 0.4) is 0 Å². The molecule has 358 valence electrons. The van der Waals surface area contributed by atoms with Gasteiger partial charge in [-0.15, -0.1) is 0 Å². The second-order valence-corrected chi connectivity index (χ2v) is 28.0. The fourth-order valence-electron chi connectivity index (χ4n) is 9.14. The van der Waals surface area contributed by atoms with Gasteiger partial charge >= 0.3 is 245 Å².